The molecule has 0 atom stereocenters. The van der Waals surface area contributed by atoms with Crippen molar-refractivity contribution in [2.24, 2.45) is 5.73 Å². The van der Waals surface area contributed by atoms with Gasteiger partial charge in [0, 0.05) is 6.54 Å². The molecular formula is C20H30N2O2. The number of amides is 1. The second-order valence-electron chi connectivity index (χ2n) is 5.83. The van der Waals surface area contributed by atoms with Gasteiger partial charge < -0.3 is 15.4 Å². The summed E-state index contributed by atoms with van der Waals surface area (Å²) in [6.07, 6.45) is 4.42. The van der Waals surface area contributed by atoms with Gasteiger partial charge in [0.25, 0.3) is 0 Å². The number of hydrogen-bond acceptors (Lipinski definition) is 3. The fourth-order valence-corrected chi connectivity index (χ4v) is 2.86. The summed E-state index contributed by atoms with van der Waals surface area (Å²) in [7, 11) is 0. The summed E-state index contributed by atoms with van der Waals surface area (Å²) in [5.41, 5.74) is 5.76. The van der Waals surface area contributed by atoms with E-state index in [0.29, 0.717) is 19.4 Å². The van der Waals surface area contributed by atoms with E-state index >= 15 is 0 Å². The lowest BCUT2D eigenvalue weighted by Gasteiger charge is -2.29. The molecule has 1 rings (SSSR count). The van der Waals surface area contributed by atoms with Crippen molar-refractivity contribution in [3.05, 3.63) is 55.1 Å². The monoisotopic (exact) mass is 330 g/mol. The SMILES string of the molecule is C=CCC(CC=C)(C(N)=O)c1ccc(OCCN(CC)CC)cc1. The molecule has 4 nitrogen and oxygen atoms in total. The number of carbonyl (C=O) groups is 1. The standard InChI is InChI=1S/C20H30N2O2/c1-5-13-20(14-6-2,19(21)23)17-9-11-18(12-10-17)24-16-15-22(7-3)8-4/h5-6,9-12H,1-2,7-8,13-16H2,3-4H3,(H2,21,23). The van der Waals surface area contributed by atoms with Gasteiger partial charge in [0.1, 0.15) is 12.4 Å². The molecule has 0 aromatic heterocycles. The minimum Gasteiger partial charge on any atom is -0.492 e. The third kappa shape index (κ3) is 4.96. The van der Waals surface area contributed by atoms with Crippen LogP contribution in [0.2, 0.25) is 0 Å². The molecule has 0 aliphatic carbocycles. The highest BCUT2D eigenvalue weighted by Crippen LogP contribution is 2.33. The first-order valence-corrected chi connectivity index (χ1v) is 8.51. The average Bonchev–Trinajstić information content (AvgIpc) is 2.59. The maximum absolute atomic E-state index is 12.1. The molecule has 0 unspecified atom stereocenters. The normalized spacial score (nSPS) is 11.3. The lowest BCUT2D eigenvalue weighted by Crippen LogP contribution is -2.40. The molecule has 1 amide bonds. The molecular weight excluding hydrogens is 300 g/mol. The van der Waals surface area contributed by atoms with E-state index in [-0.39, 0.29) is 5.91 Å². The molecule has 1 aromatic rings. The van der Waals surface area contributed by atoms with Gasteiger partial charge in [-0.05, 0) is 43.6 Å². The number of ether oxygens (including phenoxy) is 1. The Labute approximate surface area is 146 Å². The van der Waals surface area contributed by atoms with Crippen molar-refractivity contribution in [3.8, 4) is 5.75 Å². The third-order valence-corrected chi connectivity index (χ3v) is 4.43. The summed E-state index contributed by atoms with van der Waals surface area (Å²) >= 11 is 0. The molecule has 0 aliphatic rings. The van der Waals surface area contributed by atoms with Crippen LogP contribution >= 0.6 is 0 Å². The second kappa shape index (κ2) is 9.93. The first kappa shape index (κ1) is 20.0. The maximum Gasteiger partial charge on any atom is 0.228 e. The molecule has 0 bridgehead atoms. The van der Waals surface area contributed by atoms with Gasteiger partial charge in [0.05, 0.1) is 5.41 Å². The molecule has 4 heteroatoms. The average molecular weight is 330 g/mol. The van der Waals surface area contributed by atoms with Gasteiger partial charge in [-0.2, -0.15) is 0 Å². The van der Waals surface area contributed by atoms with Gasteiger partial charge in [-0.1, -0.05) is 38.1 Å². The number of likely N-dealkylation sites (N-methyl/N-ethyl adjacent to an activating group) is 1. The fraction of sp³-hybridized carbons (Fsp3) is 0.450. The van der Waals surface area contributed by atoms with E-state index in [2.05, 4.69) is 31.9 Å². The summed E-state index contributed by atoms with van der Waals surface area (Å²) in [5.74, 6) is 0.430. The Morgan fingerprint density at radius 3 is 2.12 bits per heavy atom. The minimum atomic E-state index is -0.788. The van der Waals surface area contributed by atoms with Crippen LogP contribution in [0.15, 0.2) is 49.6 Å². The zero-order chi connectivity index (χ0) is 18.0. The largest absolute Gasteiger partial charge is 0.492 e. The number of primary amides is 1. The lowest BCUT2D eigenvalue weighted by atomic mass is 9.74. The third-order valence-electron chi connectivity index (χ3n) is 4.43. The summed E-state index contributed by atoms with van der Waals surface area (Å²) < 4.78 is 5.79. The van der Waals surface area contributed by atoms with Gasteiger partial charge in [-0.15, -0.1) is 13.2 Å². The maximum atomic E-state index is 12.1. The highest BCUT2D eigenvalue weighted by Gasteiger charge is 2.36. The zero-order valence-electron chi connectivity index (χ0n) is 15.0. The molecule has 0 aliphatic heterocycles. The first-order valence-electron chi connectivity index (χ1n) is 8.51. The van der Waals surface area contributed by atoms with Crippen molar-refractivity contribution >= 4 is 5.91 Å². The topological polar surface area (TPSA) is 55.6 Å². The number of nitrogens with zero attached hydrogens (tertiary/aromatic N) is 1. The van der Waals surface area contributed by atoms with Gasteiger partial charge in [0.15, 0.2) is 0 Å². The van der Waals surface area contributed by atoms with E-state index in [4.69, 9.17) is 10.5 Å². The quantitative estimate of drug-likeness (QED) is 0.598. The van der Waals surface area contributed by atoms with Gasteiger partial charge in [-0.25, -0.2) is 0 Å². The van der Waals surface area contributed by atoms with Crippen LogP contribution in [0.3, 0.4) is 0 Å². The molecule has 0 radical (unpaired) electrons. The van der Waals surface area contributed by atoms with Crippen LogP contribution in [-0.2, 0) is 10.2 Å². The number of carbonyl (C=O) groups excluding carboxylic acids is 1. The van der Waals surface area contributed by atoms with Crippen LogP contribution in [0.25, 0.3) is 0 Å². The molecule has 0 fully saturated rings. The Bertz CT molecular complexity index is 523. The van der Waals surface area contributed by atoms with Crippen LogP contribution in [0.1, 0.15) is 32.3 Å². The molecule has 0 heterocycles. The van der Waals surface area contributed by atoms with Crippen LogP contribution in [-0.4, -0.2) is 37.0 Å². The number of nitrogens with two attached hydrogens (primary N) is 1. The highest BCUT2D eigenvalue weighted by atomic mass is 16.5. The Kier molecular flexibility index (Phi) is 8.27. The van der Waals surface area contributed by atoms with E-state index < -0.39 is 5.41 Å². The van der Waals surface area contributed by atoms with E-state index in [1.165, 1.54) is 0 Å². The van der Waals surface area contributed by atoms with Crippen molar-refractivity contribution in [1.82, 2.24) is 4.90 Å². The van der Waals surface area contributed by atoms with Crippen LogP contribution in [0.4, 0.5) is 0 Å². The highest BCUT2D eigenvalue weighted by molar-refractivity contribution is 5.87. The van der Waals surface area contributed by atoms with E-state index in [0.717, 1.165) is 30.9 Å². The molecule has 0 saturated heterocycles. The molecule has 0 saturated carbocycles. The smallest absolute Gasteiger partial charge is 0.228 e. The predicted molar refractivity (Wildman–Crippen MR) is 100 cm³/mol. The van der Waals surface area contributed by atoms with Crippen molar-refractivity contribution < 1.29 is 9.53 Å². The fourth-order valence-electron chi connectivity index (χ4n) is 2.86. The summed E-state index contributed by atoms with van der Waals surface area (Å²) in [4.78, 5) is 14.4. The number of hydrogen-bond donors (Lipinski definition) is 1. The number of rotatable bonds is 12. The van der Waals surface area contributed by atoms with Crippen molar-refractivity contribution in [2.45, 2.75) is 32.1 Å². The van der Waals surface area contributed by atoms with Crippen molar-refractivity contribution in [2.75, 3.05) is 26.2 Å². The van der Waals surface area contributed by atoms with Crippen molar-refractivity contribution in [3.63, 3.8) is 0 Å². The predicted octanol–water partition coefficient (Wildman–Crippen LogP) is 3.28. The first-order chi connectivity index (χ1) is 11.5. The van der Waals surface area contributed by atoms with Crippen LogP contribution < -0.4 is 10.5 Å². The van der Waals surface area contributed by atoms with Crippen molar-refractivity contribution in [1.29, 1.82) is 0 Å². The van der Waals surface area contributed by atoms with Crippen LogP contribution in [0, 0.1) is 0 Å². The molecule has 1 aromatic carbocycles. The van der Waals surface area contributed by atoms with E-state index in [1.807, 2.05) is 24.3 Å². The zero-order valence-corrected chi connectivity index (χ0v) is 15.0. The van der Waals surface area contributed by atoms with Gasteiger partial charge >= 0.3 is 0 Å². The molecule has 0 spiro atoms. The Morgan fingerprint density at radius 1 is 1.17 bits per heavy atom. The summed E-state index contributed by atoms with van der Waals surface area (Å²) in [6.45, 7) is 15.4. The Morgan fingerprint density at radius 2 is 1.71 bits per heavy atom. The van der Waals surface area contributed by atoms with Gasteiger partial charge in [0.2, 0.25) is 5.91 Å². The molecule has 132 valence electrons. The van der Waals surface area contributed by atoms with Crippen LogP contribution in [0.5, 0.6) is 5.75 Å². The van der Waals surface area contributed by atoms with E-state index in [1.54, 1.807) is 12.2 Å². The Balaban J connectivity index is 2.85. The summed E-state index contributed by atoms with van der Waals surface area (Å²) in [6, 6.07) is 7.60. The number of allylic oxidation sites excluding steroid dienone is 2. The minimum absolute atomic E-state index is 0.363. The van der Waals surface area contributed by atoms with E-state index in [9.17, 15) is 4.79 Å². The molecule has 2 N–H and O–H groups in total. The lowest BCUT2D eigenvalue weighted by molar-refractivity contribution is -0.123. The summed E-state index contributed by atoms with van der Waals surface area (Å²) in [5, 5.41) is 0. The van der Waals surface area contributed by atoms with Gasteiger partial charge in [-0.3, -0.25) is 4.79 Å². The Hall–Kier alpha value is -2.07. The number of benzene rings is 1. The molecule has 24 heavy (non-hydrogen) atoms. The second-order valence-corrected chi connectivity index (χ2v) is 5.83.